The molecule has 4 N–H and O–H groups in total. The summed E-state index contributed by atoms with van der Waals surface area (Å²) in [5, 5.41) is 24.1. The fraction of sp³-hybridized carbons (Fsp3) is 0.379. The topological polar surface area (TPSA) is 205 Å². The van der Waals surface area contributed by atoms with Gasteiger partial charge in [-0.2, -0.15) is 4.68 Å². The van der Waals surface area contributed by atoms with Crippen LogP contribution in [0, 0.1) is 12.3 Å². The van der Waals surface area contributed by atoms with Gasteiger partial charge in [-0.15, -0.1) is 11.5 Å². The van der Waals surface area contributed by atoms with Gasteiger partial charge in [0.1, 0.15) is 31.3 Å². The molecular formula is C29H35Cl4N4O10PS. The van der Waals surface area contributed by atoms with Gasteiger partial charge in [0.25, 0.3) is 0 Å². The van der Waals surface area contributed by atoms with Crippen molar-refractivity contribution in [3.05, 3.63) is 66.2 Å². The molecule has 0 fully saturated rings. The molecule has 0 saturated carbocycles. The summed E-state index contributed by atoms with van der Waals surface area (Å²) in [6.45, 7) is 0.280. The van der Waals surface area contributed by atoms with E-state index in [4.69, 9.17) is 77.4 Å². The lowest BCUT2D eigenvalue weighted by molar-refractivity contribution is -0.193. The van der Waals surface area contributed by atoms with Gasteiger partial charge >= 0.3 is 17.6 Å². The van der Waals surface area contributed by atoms with E-state index in [1.54, 1.807) is 10.6 Å². The molecular weight excluding hydrogens is 769 g/mol. The summed E-state index contributed by atoms with van der Waals surface area (Å²) >= 11 is 23.6. The molecule has 270 valence electrons. The van der Waals surface area contributed by atoms with Crippen LogP contribution in [0.25, 0.3) is 5.69 Å². The van der Waals surface area contributed by atoms with E-state index in [9.17, 15) is 23.8 Å². The molecule has 1 unspecified atom stereocenters. The van der Waals surface area contributed by atoms with Crippen LogP contribution in [0.1, 0.15) is 29.0 Å². The number of carbonyl (C=O) groups is 2. The van der Waals surface area contributed by atoms with Crippen molar-refractivity contribution in [2.75, 3.05) is 45.3 Å². The maximum Gasteiger partial charge on any atom is 0.350 e. The van der Waals surface area contributed by atoms with Crippen LogP contribution >= 0.6 is 54.0 Å². The van der Waals surface area contributed by atoms with E-state index in [2.05, 4.69) is 29.8 Å². The predicted molar refractivity (Wildman–Crippen MR) is 191 cm³/mol. The maximum atomic E-state index is 12.5. The molecule has 0 bridgehead atoms. The molecule has 14 nitrogen and oxygen atoms in total. The first-order valence-corrected chi connectivity index (χ1v) is 19.5. The van der Waals surface area contributed by atoms with Gasteiger partial charge in [0.2, 0.25) is 0 Å². The first kappa shape index (κ1) is 44.1. The molecule has 20 heteroatoms. The van der Waals surface area contributed by atoms with E-state index in [0.29, 0.717) is 38.9 Å². The van der Waals surface area contributed by atoms with Crippen LogP contribution in [0.3, 0.4) is 0 Å². The van der Waals surface area contributed by atoms with Crippen molar-refractivity contribution in [3.8, 4) is 29.5 Å². The van der Waals surface area contributed by atoms with Gasteiger partial charge in [0.05, 0.1) is 64.5 Å². The minimum Gasteiger partial charge on any atom is -0.778 e. The van der Waals surface area contributed by atoms with Gasteiger partial charge in [-0.25, -0.2) is 9.59 Å². The molecule has 0 saturated heterocycles. The lowest BCUT2D eigenvalue weighted by Crippen LogP contribution is -2.26. The third kappa shape index (κ3) is 15.3. The number of hydrogen-bond donors (Lipinski definition) is 4. The lowest BCUT2D eigenvalue weighted by atomic mass is 10.2. The molecule has 1 aromatic heterocycles. The van der Waals surface area contributed by atoms with E-state index < -0.39 is 32.4 Å². The lowest BCUT2D eigenvalue weighted by Gasteiger charge is -2.14. The number of aryl methyl sites for hydroxylation is 1. The Morgan fingerprint density at radius 1 is 1.10 bits per heavy atom. The van der Waals surface area contributed by atoms with Crippen LogP contribution in [0.2, 0.25) is 20.1 Å². The summed E-state index contributed by atoms with van der Waals surface area (Å²) in [5.41, 5.74) is 0.114. The van der Waals surface area contributed by atoms with Crippen molar-refractivity contribution >= 4 is 76.8 Å². The highest BCUT2D eigenvalue weighted by Gasteiger charge is 2.21. The third-order valence-electron chi connectivity index (χ3n) is 5.58. The SMILES string of the molecule is C#CCOc1cc(-n2nc3n(c2=O)CCCC3)c(Cl)cc1Cl.COc1c(Cl)ccc(Cl)c1C(=O)O.C[S+](C)C.O=C(O)CNCP(=O)([O-])O. The zero-order chi connectivity index (χ0) is 37.5. The zero-order valence-corrected chi connectivity index (χ0v) is 31.5. The Morgan fingerprint density at radius 3 is 2.20 bits per heavy atom. The molecule has 1 aliphatic rings. The Hall–Kier alpha value is -2.90. The number of ether oxygens (including phenoxy) is 2. The number of carboxylic acids is 2. The number of aromatic carboxylic acids is 1. The van der Waals surface area contributed by atoms with E-state index in [1.807, 2.05) is 5.32 Å². The highest BCUT2D eigenvalue weighted by molar-refractivity contribution is 7.94. The summed E-state index contributed by atoms with van der Waals surface area (Å²) in [5.74, 6) is 1.26. The Kier molecular flexibility index (Phi) is 19.2. The van der Waals surface area contributed by atoms with Crippen LogP contribution in [-0.4, -0.2) is 86.7 Å². The van der Waals surface area contributed by atoms with Crippen LogP contribution < -0.4 is 25.4 Å². The fourth-order valence-electron chi connectivity index (χ4n) is 3.70. The van der Waals surface area contributed by atoms with Gasteiger partial charge < -0.3 is 34.0 Å². The molecule has 2 aromatic carbocycles. The highest BCUT2D eigenvalue weighted by Crippen LogP contribution is 2.34. The van der Waals surface area contributed by atoms with Crippen LogP contribution in [0.15, 0.2) is 29.1 Å². The second-order valence-electron chi connectivity index (χ2n) is 10.0. The van der Waals surface area contributed by atoms with E-state index in [0.717, 1.165) is 25.1 Å². The number of hydrogen-bond acceptors (Lipinski definition) is 9. The van der Waals surface area contributed by atoms with Crippen LogP contribution in [0.5, 0.6) is 11.5 Å². The molecule has 0 radical (unpaired) electrons. The average molecular weight is 804 g/mol. The maximum absolute atomic E-state index is 12.5. The van der Waals surface area contributed by atoms with Crippen molar-refractivity contribution in [1.82, 2.24) is 19.7 Å². The number of rotatable bonds is 9. The summed E-state index contributed by atoms with van der Waals surface area (Å²) in [7, 11) is -2.37. The van der Waals surface area contributed by atoms with Crippen molar-refractivity contribution in [3.63, 3.8) is 0 Å². The van der Waals surface area contributed by atoms with E-state index in [1.165, 1.54) is 30.0 Å². The van der Waals surface area contributed by atoms with Gasteiger partial charge in [-0.3, -0.25) is 14.7 Å². The summed E-state index contributed by atoms with van der Waals surface area (Å²) < 4.78 is 23.1. The molecule has 0 spiro atoms. The molecule has 2 heterocycles. The number of nitrogens with one attached hydrogen (secondary N) is 1. The molecule has 0 amide bonds. The largest absolute Gasteiger partial charge is 0.778 e. The first-order valence-electron chi connectivity index (χ1n) is 13.8. The molecule has 1 aliphatic heterocycles. The monoisotopic (exact) mass is 802 g/mol. The van der Waals surface area contributed by atoms with E-state index >= 15 is 0 Å². The van der Waals surface area contributed by atoms with Crippen LogP contribution in [-0.2, 0) is 33.2 Å². The van der Waals surface area contributed by atoms with Gasteiger partial charge in [-0.05, 0) is 41.9 Å². The normalized spacial score (nSPS) is 12.7. The number of methoxy groups -OCH3 is 1. The number of terminal acetylenes is 1. The van der Waals surface area contributed by atoms with Crippen molar-refractivity contribution in [2.45, 2.75) is 25.8 Å². The quantitative estimate of drug-likeness (QED) is 0.137. The number of halogens is 4. The summed E-state index contributed by atoms with van der Waals surface area (Å²) in [6.07, 6.45) is 13.8. The van der Waals surface area contributed by atoms with Crippen LogP contribution in [0.4, 0.5) is 0 Å². The molecule has 1 atom stereocenters. The standard InChI is InChI=1S/C15H13Cl2N3O2.C8H6Cl2O3.C3H8NO5P.C3H9S/c1-2-7-22-13-9-12(10(16)8-11(13)17)20-15(21)19-6-4-3-5-14(19)18-20;1-13-7-5(10)3-2-4(9)6(7)8(11)12;5-3(6)1-4-2-10(7,8)9;1-4(2)3/h1,8-9H,3-7H2;2-3H,1H3,(H,11,12);4H,1-2H2,(H,5,6)(H2,7,8,9);1-3H3/q;;;+1/p-1. The third-order valence-corrected chi connectivity index (χ3v) is 7.41. The minimum atomic E-state index is -4.35. The predicted octanol–water partition coefficient (Wildman–Crippen LogP) is 4.05. The second kappa shape index (κ2) is 21.3. The Bertz CT molecular complexity index is 1740. The molecule has 0 aliphatic carbocycles. The minimum absolute atomic E-state index is 0.0788. The Balaban J connectivity index is 0.000000379. The van der Waals surface area contributed by atoms with Gasteiger partial charge in [-0.1, -0.05) is 52.3 Å². The zero-order valence-electron chi connectivity index (χ0n) is 26.7. The highest BCUT2D eigenvalue weighted by atomic mass is 35.5. The summed E-state index contributed by atoms with van der Waals surface area (Å²) in [4.78, 5) is 51.0. The number of aliphatic carboxylic acids is 1. The second-order valence-corrected chi connectivity index (χ2v) is 15.7. The average Bonchev–Trinajstić information content (AvgIpc) is 3.33. The number of carboxylic acid groups (broad SMARTS) is 2. The van der Waals surface area contributed by atoms with Crippen molar-refractivity contribution in [1.29, 1.82) is 0 Å². The van der Waals surface area contributed by atoms with Gasteiger partial charge in [0.15, 0.2) is 5.75 Å². The number of fused-ring (bicyclic) bond motifs is 1. The molecule has 4 rings (SSSR count). The molecule has 49 heavy (non-hydrogen) atoms. The summed E-state index contributed by atoms with van der Waals surface area (Å²) in [6, 6.07) is 6.00. The fourth-order valence-corrected chi connectivity index (χ4v) is 5.08. The molecule has 3 aromatic rings. The Labute approximate surface area is 305 Å². The first-order chi connectivity index (χ1) is 22.8. The number of benzene rings is 2. The van der Waals surface area contributed by atoms with Gasteiger partial charge in [0, 0.05) is 19.0 Å². The van der Waals surface area contributed by atoms with E-state index in [-0.39, 0.29) is 33.7 Å². The number of nitrogens with zero attached hydrogens (tertiary/aromatic N) is 3. The van der Waals surface area contributed by atoms with Crippen molar-refractivity contribution < 1.29 is 43.6 Å². The van der Waals surface area contributed by atoms with Crippen molar-refractivity contribution in [2.24, 2.45) is 0 Å². The number of aromatic nitrogens is 3. The Morgan fingerprint density at radius 2 is 1.71 bits per heavy atom. The smallest absolute Gasteiger partial charge is 0.350 e.